The molecule has 0 atom stereocenters. The third kappa shape index (κ3) is 4.78. The van der Waals surface area contributed by atoms with Crippen LogP contribution in [0.5, 0.6) is 0 Å². The number of benzene rings is 1. The van der Waals surface area contributed by atoms with E-state index in [4.69, 9.17) is 4.98 Å². The minimum atomic E-state index is 0.0379. The highest BCUT2D eigenvalue weighted by atomic mass is 16.1. The molecule has 7 heteroatoms. The molecule has 7 nitrogen and oxygen atoms in total. The van der Waals surface area contributed by atoms with E-state index in [0.717, 1.165) is 100 Å². The summed E-state index contributed by atoms with van der Waals surface area (Å²) in [6.07, 6.45) is 6.21. The van der Waals surface area contributed by atoms with Crippen LogP contribution < -0.4 is 15.8 Å². The zero-order valence-electron chi connectivity index (χ0n) is 18.6. The molecule has 0 radical (unpaired) electrons. The molecule has 1 aliphatic carbocycles. The van der Waals surface area contributed by atoms with Crippen LogP contribution in [0.15, 0.2) is 41.2 Å². The highest BCUT2D eigenvalue weighted by Gasteiger charge is 2.18. The van der Waals surface area contributed by atoms with Gasteiger partial charge < -0.3 is 10.2 Å². The van der Waals surface area contributed by atoms with Crippen LogP contribution in [-0.4, -0.2) is 59.1 Å². The molecule has 1 saturated heterocycles. The van der Waals surface area contributed by atoms with Gasteiger partial charge in [-0.3, -0.25) is 14.7 Å². The van der Waals surface area contributed by atoms with Gasteiger partial charge in [0.25, 0.3) is 5.56 Å². The van der Waals surface area contributed by atoms with Crippen LogP contribution in [-0.2, 0) is 12.8 Å². The molecule has 0 unspecified atom stereocenters. The smallest absolute Gasteiger partial charge is 0.255 e. The first-order valence-corrected chi connectivity index (χ1v) is 12.0. The van der Waals surface area contributed by atoms with Crippen molar-refractivity contribution in [3.8, 4) is 0 Å². The first-order valence-electron chi connectivity index (χ1n) is 12.0. The van der Waals surface area contributed by atoms with E-state index in [2.05, 4.69) is 55.4 Å². The van der Waals surface area contributed by atoms with Gasteiger partial charge in [-0.15, -0.1) is 0 Å². The molecular weight excluding hydrogens is 400 g/mol. The van der Waals surface area contributed by atoms with Crippen molar-refractivity contribution in [2.45, 2.75) is 38.5 Å². The predicted molar refractivity (Wildman–Crippen MR) is 130 cm³/mol. The molecule has 32 heavy (non-hydrogen) atoms. The van der Waals surface area contributed by atoms with Crippen molar-refractivity contribution in [2.24, 2.45) is 0 Å². The van der Waals surface area contributed by atoms with Gasteiger partial charge in [-0.25, -0.2) is 9.97 Å². The Morgan fingerprint density at radius 1 is 0.938 bits per heavy atom. The number of hydrogen-bond donors (Lipinski definition) is 2. The topological polar surface area (TPSA) is 77.2 Å². The zero-order chi connectivity index (χ0) is 21.8. The van der Waals surface area contributed by atoms with Gasteiger partial charge >= 0.3 is 0 Å². The molecule has 2 aliphatic rings. The van der Waals surface area contributed by atoms with Crippen LogP contribution in [0.2, 0.25) is 0 Å². The number of anilines is 2. The van der Waals surface area contributed by atoms with Crippen molar-refractivity contribution in [3.05, 3.63) is 58.0 Å². The maximum absolute atomic E-state index is 12.2. The van der Waals surface area contributed by atoms with Crippen molar-refractivity contribution >= 4 is 22.7 Å². The molecule has 2 aromatic heterocycles. The van der Waals surface area contributed by atoms with E-state index in [1.165, 1.54) is 5.39 Å². The minimum absolute atomic E-state index is 0.0379. The Hall–Kier alpha value is -2.93. The molecule has 1 aliphatic heterocycles. The molecule has 0 saturated carbocycles. The van der Waals surface area contributed by atoms with Crippen molar-refractivity contribution in [1.82, 2.24) is 19.9 Å². The van der Waals surface area contributed by atoms with E-state index in [0.29, 0.717) is 5.95 Å². The Morgan fingerprint density at radius 2 is 1.78 bits per heavy atom. The fraction of sp³-hybridized carbons (Fsp3) is 0.480. The number of H-pyrrole nitrogens is 1. The first-order chi connectivity index (χ1) is 15.8. The summed E-state index contributed by atoms with van der Waals surface area (Å²) in [7, 11) is 0. The number of para-hydroxylation sites is 1. The first kappa shape index (κ1) is 20.9. The Bertz CT molecular complexity index is 1120. The second-order valence-corrected chi connectivity index (χ2v) is 8.87. The second-order valence-electron chi connectivity index (χ2n) is 8.87. The number of piperazine rings is 1. The summed E-state index contributed by atoms with van der Waals surface area (Å²) in [5.74, 6) is 1.71. The monoisotopic (exact) mass is 432 g/mol. The summed E-state index contributed by atoms with van der Waals surface area (Å²) in [5.41, 5.74) is 2.98. The van der Waals surface area contributed by atoms with Gasteiger partial charge in [-0.05, 0) is 63.3 Å². The number of nitrogens with zero attached hydrogens (tertiary/aromatic N) is 4. The SMILES string of the molecule is O=c1[nH]c(NCCCCN2CCN(c3ccc4ccccc4n3)CC2)nc2c1CCCC2. The Balaban J connectivity index is 1.04. The average Bonchev–Trinajstić information content (AvgIpc) is 2.84. The van der Waals surface area contributed by atoms with Crippen molar-refractivity contribution in [2.75, 3.05) is 49.5 Å². The largest absolute Gasteiger partial charge is 0.356 e. The molecule has 3 heterocycles. The second kappa shape index (κ2) is 9.69. The van der Waals surface area contributed by atoms with Gasteiger partial charge in [-0.2, -0.15) is 0 Å². The Kier molecular flexibility index (Phi) is 6.34. The van der Waals surface area contributed by atoms with Crippen LogP contribution >= 0.6 is 0 Å². The number of unbranched alkanes of at least 4 members (excludes halogenated alkanes) is 1. The van der Waals surface area contributed by atoms with Gasteiger partial charge in [0.1, 0.15) is 5.82 Å². The molecule has 168 valence electrons. The van der Waals surface area contributed by atoms with E-state index >= 15 is 0 Å². The lowest BCUT2D eigenvalue weighted by Crippen LogP contribution is -2.47. The number of aromatic amines is 1. The summed E-state index contributed by atoms with van der Waals surface area (Å²) in [4.78, 5) is 29.5. The van der Waals surface area contributed by atoms with E-state index in [1.807, 2.05) is 6.07 Å². The highest BCUT2D eigenvalue weighted by molar-refractivity contribution is 5.80. The van der Waals surface area contributed by atoms with Crippen LogP contribution in [0.4, 0.5) is 11.8 Å². The number of fused-ring (bicyclic) bond motifs is 2. The van der Waals surface area contributed by atoms with E-state index in [9.17, 15) is 4.79 Å². The summed E-state index contributed by atoms with van der Waals surface area (Å²) < 4.78 is 0. The van der Waals surface area contributed by atoms with Crippen LogP contribution in [0, 0.1) is 0 Å². The highest BCUT2D eigenvalue weighted by Crippen LogP contribution is 2.19. The Morgan fingerprint density at radius 3 is 2.69 bits per heavy atom. The maximum Gasteiger partial charge on any atom is 0.255 e. The molecule has 2 N–H and O–H groups in total. The molecule has 0 amide bonds. The number of aromatic nitrogens is 3. The van der Waals surface area contributed by atoms with Gasteiger partial charge in [0, 0.05) is 43.7 Å². The van der Waals surface area contributed by atoms with Gasteiger partial charge in [-0.1, -0.05) is 18.2 Å². The fourth-order valence-corrected chi connectivity index (χ4v) is 4.79. The third-order valence-corrected chi connectivity index (χ3v) is 6.67. The number of pyridine rings is 1. The average molecular weight is 433 g/mol. The van der Waals surface area contributed by atoms with Crippen LogP contribution in [0.3, 0.4) is 0 Å². The van der Waals surface area contributed by atoms with Gasteiger partial charge in [0.2, 0.25) is 5.95 Å². The zero-order valence-corrected chi connectivity index (χ0v) is 18.6. The molecular formula is C25H32N6O. The van der Waals surface area contributed by atoms with E-state index in [-0.39, 0.29) is 5.56 Å². The van der Waals surface area contributed by atoms with Gasteiger partial charge in [0.05, 0.1) is 11.2 Å². The van der Waals surface area contributed by atoms with Crippen LogP contribution in [0.1, 0.15) is 36.9 Å². The van der Waals surface area contributed by atoms with E-state index < -0.39 is 0 Å². The summed E-state index contributed by atoms with van der Waals surface area (Å²) in [6, 6.07) is 12.6. The van der Waals surface area contributed by atoms with Crippen LogP contribution in [0.25, 0.3) is 10.9 Å². The standard InChI is InChI=1S/C25H32N6O/c32-24-20-8-2-4-10-22(20)28-25(29-24)26-13-5-6-14-30-15-17-31(18-16-30)23-12-11-19-7-1-3-9-21(19)27-23/h1,3,7,9,11-12H,2,4-6,8,10,13-18H2,(H2,26,28,29,32). The normalized spacial score (nSPS) is 16.8. The quantitative estimate of drug-likeness (QED) is 0.559. The molecule has 3 aromatic rings. The van der Waals surface area contributed by atoms with Crippen molar-refractivity contribution in [1.29, 1.82) is 0 Å². The predicted octanol–water partition coefficient (Wildman–Crippen LogP) is 3.21. The lowest BCUT2D eigenvalue weighted by molar-refractivity contribution is 0.253. The molecule has 0 spiro atoms. The molecule has 0 bridgehead atoms. The Labute approximate surface area is 188 Å². The lowest BCUT2D eigenvalue weighted by atomic mass is 9.97. The summed E-state index contributed by atoms with van der Waals surface area (Å²) in [6.45, 7) is 6.12. The summed E-state index contributed by atoms with van der Waals surface area (Å²) >= 11 is 0. The van der Waals surface area contributed by atoms with E-state index in [1.54, 1.807) is 0 Å². The number of rotatable bonds is 7. The third-order valence-electron chi connectivity index (χ3n) is 6.67. The summed E-state index contributed by atoms with van der Waals surface area (Å²) in [5, 5.41) is 4.51. The van der Waals surface area contributed by atoms with Crippen molar-refractivity contribution < 1.29 is 0 Å². The number of nitrogens with one attached hydrogen (secondary N) is 2. The number of aryl methyl sites for hydroxylation is 1. The maximum atomic E-state index is 12.2. The fourth-order valence-electron chi connectivity index (χ4n) is 4.79. The van der Waals surface area contributed by atoms with Crippen molar-refractivity contribution in [3.63, 3.8) is 0 Å². The molecule has 5 rings (SSSR count). The number of hydrogen-bond acceptors (Lipinski definition) is 6. The van der Waals surface area contributed by atoms with Gasteiger partial charge in [0.15, 0.2) is 0 Å². The minimum Gasteiger partial charge on any atom is -0.356 e. The lowest BCUT2D eigenvalue weighted by Gasteiger charge is -2.35. The molecule has 1 aromatic carbocycles. The molecule has 1 fully saturated rings.